The summed E-state index contributed by atoms with van der Waals surface area (Å²) in [5, 5.41) is 19.2. The topological polar surface area (TPSA) is 70.0 Å². The maximum absolute atomic E-state index is 13.3. The van der Waals surface area contributed by atoms with Crippen LogP contribution in [0.4, 0.5) is 0 Å². The number of phenolic OH excluding ortho intramolecular Hbond substituents is 1. The van der Waals surface area contributed by atoms with Crippen molar-refractivity contribution in [2.75, 3.05) is 27.2 Å². The molecule has 2 N–H and O–H groups in total. The highest BCUT2D eigenvalue weighted by atomic mass is 79.9. The van der Waals surface area contributed by atoms with Crippen LogP contribution in [0, 0.1) is 0 Å². The number of hydrogen-bond donors (Lipinski definition) is 2. The van der Waals surface area contributed by atoms with E-state index in [1.807, 2.05) is 19.0 Å². The van der Waals surface area contributed by atoms with Crippen molar-refractivity contribution in [3.63, 3.8) is 0 Å². The van der Waals surface area contributed by atoms with Gasteiger partial charge in [-0.1, -0.05) is 28.1 Å². The summed E-state index contributed by atoms with van der Waals surface area (Å²) in [6, 6.07) is 17.2. The number of nitrogens with zero attached hydrogens (tertiary/aromatic N) is 1. The van der Waals surface area contributed by atoms with Gasteiger partial charge in [0.05, 0.1) is 6.61 Å². The molecule has 3 rings (SSSR count). The summed E-state index contributed by atoms with van der Waals surface area (Å²) in [6.07, 6.45) is 0. The first-order chi connectivity index (χ1) is 14.4. The van der Waals surface area contributed by atoms with Crippen LogP contribution in [0.2, 0.25) is 0 Å². The van der Waals surface area contributed by atoms with E-state index in [2.05, 4.69) is 15.9 Å². The van der Waals surface area contributed by atoms with Crippen molar-refractivity contribution in [1.29, 1.82) is 0 Å². The number of ether oxygens (including phenoxy) is 1. The summed E-state index contributed by atoms with van der Waals surface area (Å²) >= 11 is 3.54. The first-order valence-electron chi connectivity index (χ1n) is 9.54. The van der Waals surface area contributed by atoms with E-state index >= 15 is 0 Å². The van der Waals surface area contributed by atoms with Gasteiger partial charge in [-0.3, -0.25) is 4.79 Å². The van der Waals surface area contributed by atoms with Crippen molar-refractivity contribution in [2.24, 2.45) is 0 Å². The Hall–Kier alpha value is -2.67. The monoisotopic (exact) mass is 469 g/mol. The average Bonchev–Trinajstić information content (AvgIpc) is 2.73. The minimum Gasteiger partial charge on any atom is -0.508 e. The maximum atomic E-state index is 13.3. The number of carbonyl (C=O) groups excluding carboxylic acids is 1. The molecular formula is C24H24BrNO4. The van der Waals surface area contributed by atoms with Gasteiger partial charge in [-0.15, -0.1) is 0 Å². The molecule has 0 atom stereocenters. The Kier molecular flexibility index (Phi) is 7.26. The van der Waals surface area contributed by atoms with E-state index in [1.165, 1.54) is 0 Å². The number of benzene rings is 3. The van der Waals surface area contributed by atoms with Crippen LogP contribution in [0.1, 0.15) is 21.5 Å². The average molecular weight is 470 g/mol. The summed E-state index contributed by atoms with van der Waals surface area (Å²) in [6.45, 7) is 1.20. The normalized spacial score (nSPS) is 11.0. The number of hydrogen-bond acceptors (Lipinski definition) is 5. The molecule has 5 nitrogen and oxygen atoms in total. The van der Waals surface area contributed by atoms with Crippen LogP contribution in [0.15, 0.2) is 65.1 Å². The van der Waals surface area contributed by atoms with E-state index in [1.54, 1.807) is 60.7 Å². The summed E-state index contributed by atoms with van der Waals surface area (Å²) < 4.78 is 6.40. The van der Waals surface area contributed by atoms with Gasteiger partial charge < -0.3 is 19.8 Å². The van der Waals surface area contributed by atoms with Gasteiger partial charge in [-0.25, -0.2) is 0 Å². The van der Waals surface area contributed by atoms with Crippen LogP contribution in [0.5, 0.6) is 11.5 Å². The van der Waals surface area contributed by atoms with E-state index < -0.39 is 0 Å². The van der Waals surface area contributed by atoms with Crippen LogP contribution in [0.3, 0.4) is 0 Å². The fraction of sp³-hybridized carbons (Fsp3) is 0.208. The predicted molar refractivity (Wildman–Crippen MR) is 121 cm³/mol. The quantitative estimate of drug-likeness (QED) is 0.475. The van der Waals surface area contributed by atoms with Crippen molar-refractivity contribution < 1.29 is 19.7 Å². The molecule has 0 heterocycles. The van der Waals surface area contributed by atoms with Gasteiger partial charge in [-0.05, 0) is 73.8 Å². The molecule has 0 bridgehead atoms. The first-order valence-corrected chi connectivity index (χ1v) is 10.3. The van der Waals surface area contributed by atoms with Gasteiger partial charge in [0.25, 0.3) is 0 Å². The lowest BCUT2D eigenvalue weighted by atomic mass is 9.92. The molecule has 0 fully saturated rings. The molecule has 0 amide bonds. The number of aliphatic hydroxyl groups excluding tert-OH is 1. The molecule has 0 spiro atoms. The molecule has 0 aliphatic carbocycles. The van der Waals surface area contributed by atoms with Crippen molar-refractivity contribution in [1.82, 2.24) is 4.90 Å². The Morgan fingerprint density at radius 2 is 1.70 bits per heavy atom. The molecule has 0 aliphatic rings. The molecule has 0 radical (unpaired) electrons. The van der Waals surface area contributed by atoms with Crippen molar-refractivity contribution in [3.8, 4) is 22.6 Å². The zero-order valence-electron chi connectivity index (χ0n) is 16.9. The Bertz CT molecular complexity index is 1010. The van der Waals surface area contributed by atoms with E-state index in [9.17, 15) is 15.0 Å². The number of halogens is 1. The van der Waals surface area contributed by atoms with E-state index in [-0.39, 0.29) is 18.1 Å². The highest BCUT2D eigenvalue weighted by Crippen LogP contribution is 2.35. The van der Waals surface area contributed by atoms with Crippen molar-refractivity contribution >= 4 is 21.7 Å². The maximum Gasteiger partial charge on any atom is 0.193 e. The number of aromatic hydroxyl groups is 1. The third-order valence-electron chi connectivity index (χ3n) is 4.66. The number of phenols is 1. The minimum atomic E-state index is -0.173. The van der Waals surface area contributed by atoms with Gasteiger partial charge in [-0.2, -0.15) is 0 Å². The summed E-state index contributed by atoms with van der Waals surface area (Å²) in [7, 11) is 3.96. The fourth-order valence-corrected chi connectivity index (χ4v) is 3.80. The molecule has 156 valence electrons. The molecule has 3 aromatic carbocycles. The zero-order valence-corrected chi connectivity index (χ0v) is 18.5. The molecule has 0 aliphatic heterocycles. The van der Waals surface area contributed by atoms with Gasteiger partial charge >= 0.3 is 0 Å². The largest absolute Gasteiger partial charge is 0.508 e. The lowest BCUT2D eigenvalue weighted by Gasteiger charge is -2.14. The first kappa shape index (κ1) is 22.0. The molecule has 30 heavy (non-hydrogen) atoms. The van der Waals surface area contributed by atoms with Crippen LogP contribution < -0.4 is 4.74 Å². The molecule has 0 saturated heterocycles. The lowest BCUT2D eigenvalue weighted by Crippen LogP contribution is -2.19. The molecule has 0 unspecified atom stereocenters. The standard InChI is InChI=1S/C24H24BrNO4/c1-26(2)11-12-30-20-9-5-18(6-10-20)24(29)21-13-16(15-27)14-22(25)23(21)17-3-7-19(28)8-4-17/h3-10,13-14,27-28H,11-12,15H2,1-2H3. The number of ketones is 1. The van der Waals surface area contributed by atoms with E-state index in [0.717, 1.165) is 12.1 Å². The van der Waals surface area contributed by atoms with Crippen molar-refractivity contribution in [3.05, 3.63) is 81.8 Å². The molecule has 6 heteroatoms. The highest BCUT2D eigenvalue weighted by Gasteiger charge is 2.19. The van der Waals surface area contributed by atoms with Crippen LogP contribution in [0.25, 0.3) is 11.1 Å². The number of rotatable bonds is 8. The number of carbonyl (C=O) groups is 1. The van der Waals surface area contributed by atoms with Gasteiger partial charge in [0.1, 0.15) is 18.1 Å². The minimum absolute atomic E-state index is 0.152. The Balaban J connectivity index is 1.94. The predicted octanol–water partition coefficient (Wildman–Crippen LogP) is 4.49. The van der Waals surface area contributed by atoms with Gasteiger partial charge in [0.2, 0.25) is 0 Å². The Morgan fingerprint density at radius 1 is 1.03 bits per heavy atom. The molecular weight excluding hydrogens is 446 g/mol. The molecule has 3 aromatic rings. The molecule has 0 aromatic heterocycles. The zero-order chi connectivity index (χ0) is 21.7. The fourth-order valence-electron chi connectivity index (χ4n) is 3.06. The second-order valence-electron chi connectivity index (χ2n) is 7.21. The van der Waals surface area contributed by atoms with E-state index in [0.29, 0.717) is 39.1 Å². The highest BCUT2D eigenvalue weighted by molar-refractivity contribution is 9.10. The van der Waals surface area contributed by atoms with Crippen LogP contribution in [-0.4, -0.2) is 48.1 Å². The van der Waals surface area contributed by atoms with E-state index in [4.69, 9.17) is 4.74 Å². The smallest absolute Gasteiger partial charge is 0.193 e. The van der Waals surface area contributed by atoms with Gasteiger partial charge in [0, 0.05) is 27.7 Å². The third kappa shape index (κ3) is 5.27. The summed E-state index contributed by atoms with van der Waals surface area (Å²) in [5.41, 5.74) is 3.13. The number of likely N-dealkylation sites (N-methyl/N-ethyl adjacent to an activating group) is 1. The Labute approximate surface area is 184 Å². The molecule has 0 saturated carbocycles. The Morgan fingerprint density at radius 3 is 2.30 bits per heavy atom. The van der Waals surface area contributed by atoms with Gasteiger partial charge in [0.15, 0.2) is 5.78 Å². The second kappa shape index (κ2) is 9.89. The van der Waals surface area contributed by atoms with Crippen LogP contribution >= 0.6 is 15.9 Å². The van der Waals surface area contributed by atoms with Crippen molar-refractivity contribution in [2.45, 2.75) is 6.61 Å². The third-order valence-corrected chi connectivity index (χ3v) is 5.28. The second-order valence-corrected chi connectivity index (χ2v) is 8.06. The number of aliphatic hydroxyl groups is 1. The summed E-state index contributed by atoms with van der Waals surface area (Å²) in [4.78, 5) is 15.4. The SMILES string of the molecule is CN(C)CCOc1ccc(C(=O)c2cc(CO)cc(Br)c2-c2ccc(O)cc2)cc1. The van der Waals surface area contributed by atoms with Crippen LogP contribution in [-0.2, 0) is 6.61 Å². The lowest BCUT2D eigenvalue weighted by molar-refractivity contribution is 0.103. The summed E-state index contributed by atoms with van der Waals surface area (Å²) in [5.74, 6) is 0.700.